The van der Waals surface area contributed by atoms with E-state index in [0.29, 0.717) is 5.92 Å². The Balaban J connectivity index is 1.36. The minimum absolute atomic E-state index is 0.155. The van der Waals surface area contributed by atoms with Gasteiger partial charge in [0.1, 0.15) is 0 Å². The van der Waals surface area contributed by atoms with E-state index in [2.05, 4.69) is 49.1 Å². The Morgan fingerprint density at radius 3 is 2.41 bits per heavy atom. The van der Waals surface area contributed by atoms with Crippen LogP contribution in [0.4, 0.5) is 0 Å². The maximum atomic E-state index is 12.9. The molecule has 0 unspecified atom stereocenters. The summed E-state index contributed by atoms with van der Waals surface area (Å²) in [4.78, 5) is 22.1. The number of rotatable bonds is 6. The molecular weight excluding hydrogens is 378 g/mol. The molecule has 1 aliphatic heterocycles. The van der Waals surface area contributed by atoms with Crippen molar-refractivity contribution >= 4 is 27.5 Å². The molecule has 1 aliphatic rings. The van der Waals surface area contributed by atoms with Crippen LogP contribution in [0.25, 0.3) is 10.2 Å². The van der Waals surface area contributed by atoms with Gasteiger partial charge in [0.2, 0.25) is 0 Å². The van der Waals surface area contributed by atoms with Gasteiger partial charge in [-0.25, -0.2) is 4.98 Å². The van der Waals surface area contributed by atoms with Crippen LogP contribution in [0, 0.1) is 0 Å². The predicted molar refractivity (Wildman–Crippen MR) is 121 cm³/mol. The molecule has 3 aromatic rings. The predicted octanol–water partition coefficient (Wildman–Crippen LogP) is 5.16. The summed E-state index contributed by atoms with van der Waals surface area (Å²) in [5.41, 5.74) is 3.15. The highest BCUT2D eigenvalue weighted by Gasteiger charge is 2.26. The van der Waals surface area contributed by atoms with Crippen molar-refractivity contribution in [3.63, 3.8) is 0 Å². The van der Waals surface area contributed by atoms with Gasteiger partial charge < -0.3 is 4.90 Å². The summed E-state index contributed by atoms with van der Waals surface area (Å²) in [6.07, 6.45) is 1.98. The molecule has 0 spiro atoms. The SMILES string of the molecule is CCN(CC)Cc1ccc(C(=O)N2CCC(c3nc4ccccc4s3)CC2)cc1. The molecule has 5 heteroatoms. The van der Waals surface area contributed by atoms with E-state index in [1.165, 1.54) is 15.3 Å². The minimum Gasteiger partial charge on any atom is -0.339 e. The van der Waals surface area contributed by atoms with Gasteiger partial charge in [-0.05, 0) is 55.8 Å². The van der Waals surface area contributed by atoms with Crippen molar-refractivity contribution in [3.05, 3.63) is 64.7 Å². The first kappa shape index (κ1) is 20.0. The van der Waals surface area contributed by atoms with Crippen molar-refractivity contribution in [1.29, 1.82) is 0 Å². The van der Waals surface area contributed by atoms with Crippen molar-refractivity contribution in [3.8, 4) is 0 Å². The Morgan fingerprint density at radius 2 is 1.76 bits per heavy atom. The van der Waals surface area contributed by atoms with E-state index in [1.54, 1.807) is 11.3 Å². The summed E-state index contributed by atoms with van der Waals surface area (Å²) in [6, 6.07) is 16.5. The molecule has 1 fully saturated rings. The maximum Gasteiger partial charge on any atom is 0.253 e. The van der Waals surface area contributed by atoms with Gasteiger partial charge >= 0.3 is 0 Å². The van der Waals surface area contributed by atoms with Gasteiger partial charge in [-0.2, -0.15) is 0 Å². The van der Waals surface area contributed by atoms with Gasteiger partial charge in [-0.1, -0.05) is 38.1 Å². The quantitative estimate of drug-likeness (QED) is 0.566. The Labute approximate surface area is 177 Å². The summed E-state index contributed by atoms with van der Waals surface area (Å²) in [6.45, 7) is 9.00. The van der Waals surface area contributed by atoms with Crippen LogP contribution < -0.4 is 0 Å². The van der Waals surface area contributed by atoms with Crippen LogP contribution in [0.5, 0.6) is 0 Å². The van der Waals surface area contributed by atoms with Crippen molar-refractivity contribution in [2.45, 2.75) is 39.2 Å². The van der Waals surface area contributed by atoms with Gasteiger partial charge in [-0.15, -0.1) is 11.3 Å². The number of carbonyl (C=O) groups excluding carboxylic acids is 1. The second-order valence-corrected chi connectivity index (χ2v) is 8.81. The Kier molecular flexibility index (Phi) is 6.26. The first-order valence-electron chi connectivity index (χ1n) is 10.6. The van der Waals surface area contributed by atoms with Crippen LogP contribution in [0.3, 0.4) is 0 Å². The number of thiazole rings is 1. The highest BCUT2D eigenvalue weighted by Crippen LogP contribution is 2.34. The highest BCUT2D eigenvalue weighted by molar-refractivity contribution is 7.18. The lowest BCUT2D eigenvalue weighted by Crippen LogP contribution is -2.37. The Hall–Kier alpha value is -2.24. The molecular formula is C24H29N3OS. The number of para-hydroxylation sites is 1. The van der Waals surface area contributed by atoms with Crippen LogP contribution in [0.15, 0.2) is 48.5 Å². The number of carbonyl (C=O) groups is 1. The Morgan fingerprint density at radius 1 is 1.07 bits per heavy atom. The van der Waals surface area contributed by atoms with Crippen molar-refractivity contribution in [2.75, 3.05) is 26.2 Å². The summed E-state index contributed by atoms with van der Waals surface area (Å²) < 4.78 is 1.26. The summed E-state index contributed by atoms with van der Waals surface area (Å²) in [7, 11) is 0. The lowest BCUT2D eigenvalue weighted by molar-refractivity contribution is 0.0713. The topological polar surface area (TPSA) is 36.4 Å². The van der Waals surface area contributed by atoms with Gasteiger partial charge in [0, 0.05) is 31.1 Å². The van der Waals surface area contributed by atoms with E-state index >= 15 is 0 Å². The third-order valence-corrected chi connectivity index (χ3v) is 7.14. The van der Waals surface area contributed by atoms with Crippen LogP contribution in [-0.4, -0.2) is 46.9 Å². The monoisotopic (exact) mass is 407 g/mol. The smallest absolute Gasteiger partial charge is 0.253 e. The van der Waals surface area contributed by atoms with Crippen molar-refractivity contribution in [1.82, 2.24) is 14.8 Å². The molecule has 4 rings (SSSR count). The minimum atomic E-state index is 0.155. The van der Waals surface area contributed by atoms with Crippen molar-refractivity contribution in [2.24, 2.45) is 0 Å². The van der Waals surface area contributed by atoms with Gasteiger partial charge in [0.05, 0.1) is 15.2 Å². The van der Waals surface area contributed by atoms with E-state index in [4.69, 9.17) is 4.98 Å². The number of hydrogen-bond donors (Lipinski definition) is 0. The third kappa shape index (κ3) is 4.51. The standard InChI is InChI=1S/C24H29N3OS/c1-3-26(4-2)17-18-9-11-20(12-10-18)24(28)27-15-13-19(14-16-27)23-25-21-7-5-6-8-22(21)29-23/h5-12,19H,3-4,13-17H2,1-2H3. The first-order chi connectivity index (χ1) is 14.2. The lowest BCUT2D eigenvalue weighted by Gasteiger charge is -2.31. The molecule has 1 aromatic heterocycles. The fourth-order valence-corrected chi connectivity index (χ4v) is 5.17. The van der Waals surface area contributed by atoms with Crippen LogP contribution in [0.1, 0.15) is 53.5 Å². The van der Waals surface area contributed by atoms with E-state index in [-0.39, 0.29) is 5.91 Å². The molecule has 4 nitrogen and oxygen atoms in total. The second-order valence-electron chi connectivity index (χ2n) is 7.74. The molecule has 0 aliphatic carbocycles. The largest absolute Gasteiger partial charge is 0.339 e. The zero-order chi connectivity index (χ0) is 20.2. The average molecular weight is 408 g/mol. The number of piperidine rings is 1. The molecule has 152 valence electrons. The number of hydrogen-bond acceptors (Lipinski definition) is 4. The highest BCUT2D eigenvalue weighted by atomic mass is 32.1. The molecule has 2 aromatic carbocycles. The van der Waals surface area contributed by atoms with E-state index in [1.807, 2.05) is 23.1 Å². The van der Waals surface area contributed by atoms with Crippen LogP contribution >= 0.6 is 11.3 Å². The third-order valence-electron chi connectivity index (χ3n) is 5.94. The van der Waals surface area contributed by atoms with E-state index in [9.17, 15) is 4.79 Å². The first-order valence-corrected chi connectivity index (χ1v) is 11.5. The van der Waals surface area contributed by atoms with Crippen molar-refractivity contribution < 1.29 is 4.79 Å². The normalized spacial score (nSPS) is 15.3. The van der Waals surface area contributed by atoms with Crippen LogP contribution in [-0.2, 0) is 6.54 Å². The van der Waals surface area contributed by atoms with Crippen LogP contribution in [0.2, 0.25) is 0 Å². The summed E-state index contributed by atoms with van der Waals surface area (Å²) >= 11 is 1.80. The molecule has 1 saturated heterocycles. The molecule has 1 amide bonds. The molecule has 0 atom stereocenters. The van der Waals surface area contributed by atoms with E-state index < -0.39 is 0 Å². The number of nitrogens with zero attached hydrogens (tertiary/aromatic N) is 3. The fourth-order valence-electron chi connectivity index (χ4n) is 4.03. The summed E-state index contributed by atoms with van der Waals surface area (Å²) in [5, 5.41) is 1.22. The number of benzene rings is 2. The number of fused-ring (bicyclic) bond motifs is 1. The number of aromatic nitrogens is 1. The molecule has 0 N–H and O–H groups in total. The van der Waals surface area contributed by atoms with E-state index in [0.717, 1.165) is 56.6 Å². The zero-order valence-corrected chi connectivity index (χ0v) is 18.1. The molecule has 0 bridgehead atoms. The van der Waals surface area contributed by atoms with Gasteiger partial charge in [0.15, 0.2) is 0 Å². The fraction of sp³-hybridized carbons (Fsp3) is 0.417. The van der Waals surface area contributed by atoms with Gasteiger partial charge in [-0.3, -0.25) is 9.69 Å². The molecule has 29 heavy (non-hydrogen) atoms. The molecule has 2 heterocycles. The number of amides is 1. The average Bonchev–Trinajstić information content (AvgIpc) is 3.22. The Bertz CT molecular complexity index is 921. The molecule has 0 radical (unpaired) electrons. The lowest BCUT2D eigenvalue weighted by atomic mass is 9.97. The second kappa shape index (κ2) is 9.06. The number of likely N-dealkylation sites (tertiary alicyclic amines) is 1. The maximum absolute atomic E-state index is 12.9. The zero-order valence-electron chi connectivity index (χ0n) is 17.3. The summed E-state index contributed by atoms with van der Waals surface area (Å²) in [5.74, 6) is 0.620. The van der Waals surface area contributed by atoms with Gasteiger partial charge in [0.25, 0.3) is 5.91 Å². The molecule has 0 saturated carbocycles.